The highest BCUT2D eigenvalue weighted by atomic mass is 35.5. The van der Waals surface area contributed by atoms with Crippen LogP contribution >= 0.6 is 22.9 Å². The second-order valence-corrected chi connectivity index (χ2v) is 8.24. The number of amides is 1. The maximum Gasteiger partial charge on any atom is 0.350 e. The lowest BCUT2D eigenvalue weighted by Gasteiger charge is -2.17. The van der Waals surface area contributed by atoms with Crippen molar-refractivity contribution in [3.8, 4) is 5.75 Å². The average Bonchev–Trinajstić information content (AvgIpc) is 3.13. The van der Waals surface area contributed by atoms with Crippen LogP contribution in [0.15, 0.2) is 48.5 Å². The van der Waals surface area contributed by atoms with Crippen molar-refractivity contribution < 1.29 is 23.5 Å². The summed E-state index contributed by atoms with van der Waals surface area (Å²) in [6, 6.07) is 12.8. The maximum absolute atomic E-state index is 13.0. The molecule has 1 aromatic heterocycles. The number of halogens is 2. The van der Waals surface area contributed by atoms with Crippen LogP contribution in [0.2, 0.25) is 5.02 Å². The number of hydrogen-bond donors (Lipinski definition) is 0. The molecule has 3 rings (SSSR count). The Hall–Kier alpha value is -2.97. The summed E-state index contributed by atoms with van der Waals surface area (Å²) in [6.07, 6.45) is 0. The first-order valence-corrected chi connectivity index (χ1v) is 10.5. The first-order valence-electron chi connectivity index (χ1n) is 9.32. The van der Waals surface area contributed by atoms with Crippen LogP contribution in [-0.4, -0.2) is 35.4 Å². The third-order valence-electron chi connectivity index (χ3n) is 4.29. The van der Waals surface area contributed by atoms with E-state index in [4.69, 9.17) is 21.1 Å². The van der Waals surface area contributed by atoms with E-state index in [0.717, 1.165) is 16.9 Å². The summed E-state index contributed by atoms with van der Waals surface area (Å²) in [5, 5.41) is 1.22. The number of likely N-dealkylation sites (N-methyl/N-ethyl adjacent to an activating group) is 1. The number of nitrogens with zero attached hydrogens (tertiary/aromatic N) is 2. The predicted octanol–water partition coefficient (Wildman–Crippen LogP) is 4.64. The molecule has 2 aromatic carbocycles. The van der Waals surface area contributed by atoms with Crippen molar-refractivity contribution in [3.63, 3.8) is 0 Å². The first-order chi connectivity index (χ1) is 14.8. The molecule has 0 aliphatic carbocycles. The average molecular weight is 463 g/mol. The number of esters is 1. The Labute approximate surface area is 188 Å². The highest BCUT2D eigenvalue weighted by molar-refractivity contribution is 7.13. The normalized spacial score (nSPS) is 10.6. The zero-order valence-electron chi connectivity index (χ0n) is 16.9. The van der Waals surface area contributed by atoms with Gasteiger partial charge in [0.05, 0.1) is 5.69 Å². The van der Waals surface area contributed by atoms with E-state index < -0.39 is 12.6 Å². The summed E-state index contributed by atoms with van der Waals surface area (Å²) in [5.74, 6) is -0.692. The minimum Gasteiger partial charge on any atom is -0.486 e. The number of ether oxygens (including phenoxy) is 2. The maximum atomic E-state index is 13.0. The second kappa shape index (κ2) is 10.4. The van der Waals surface area contributed by atoms with Gasteiger partial charge < -0.3 is 14.4 Å². The van der Waals surface area contributed by atoms with Crippen molar-refractivity contribution in [1.29, 1.82) is 0 Å². The fraction of sp³-hybridized carbons (Fsp3) is 0.227. The van der Waals surface area contributed by atoms with Gasteiger partial charge in [-0.3, -0.25) is 4.79 Å². The van der Waals surface area contributed by atoms with E-state index in [-0.39, 0.29) is 24.9 Å². The number of thiazole rings is 1. The molecule has 162 valence electrons. The molecule has 0 spiro atoms. The Bertz CT molecular complexity index is 1050. The predicted molar refractivity (Wildman–Crippen MR) is 116 cm³/mol. The van der Waals surface area contributed by atoms with Crippen molar-refractivity contribution in [2.45, 2.75) is 20.1 Å². The van der Waals surface area contributed by atoms with Crippen molar-refractivity contribution in [3.05, 3.63) is 80.5 Å². The topological polar surface area (TPSA) is 68.7 Å². The molecule has 0 atom stereocenters. The van der Waals surface area contributed by atoms with Crippen molar-refractivity contribution in [2.75, 3.05) is 13.7 Å². The molecular weight excluding hydrogens is 443 g/mol. The van der Waals surface area contributed by atoms with Gasteiger partial charge in [-0.25, -0.2) is 14.2 Å². The largest absolute Gasteiger partial charge is 0.486 e. The number of carbonyl (C=O) groups excluding carboxylic acids is 2. The van der Waals surface area contributed by atoms with Gasteiger partial charge in [-0.2, -0.15) is 0 Å². The Morgan fingerprint density at radius 2 is 1.81 bits per heavy atom. The van der Waals surface area contributed by atoms with Gasteiger partial charge in [0.15, 0.2) is 6.61 Å². The van der Waals surface area contributed by atoms with Crippen molar-refractivity contribution in [1.82, 2.24) is 9.88 Å². The fourth-order valence-electron chi connectivity index (χ4n) is 2.63. The standard InChI is InChI=1S/C22H20ClFN2O4S/c1-14-21(31-19(25-14)12-29-18-9-5-16(23)6-10-18)22(28)30-13-20(27)26(2)11-15-3-7-17(24)8-4-15/h3-10H,11-13H2,1-2H3. The molecule has 1 amide bonds. The number of aromatic nitrogens is 1. The van der Waals surface area contributed by atoms with E-state index in [0.29, 0.717) is 26.4 Å². The minimum absolute atomic E-state index is 0.194. The van der Waals surface area contributed by atoms with Gasteiger partial charge >= 0.3 is 5.97 Å². The van der Waals surface area contributed by atoms with Crippen LogP contribution in [0.3, 0.4) is 0 Å². The van der Waals surface area contributed by atoms with Crippen LogP contribution in [0.5, 0.6) is 5.75 Å². The molecule has 0 unspecified atom stereocenters. The van der Waals surface area contributed by atoms with E-state index in [1.54, 1.807) is 50.4 Å². The van der Waals surface area contributed by atoms with Crippen LogP contribution in [0.1, 0.15) is 25.9 Å². The molecule has 0 radical (unpaired) electrons. The minimum atomic E-state index is -0.615. The molecule has 6 nitrogen and oxygen atoms in total. The fourth-order valence-corrected chi connectivity index (χ4v) is 3.63. The molecular formula is C22H20ClFN2O4S. The van der Waals surface area contributed by atoms with E-state index >= 15 is 0 Å². The van der Waals surface area contributed by atoms with E-state index in [2.05, 4.69) is 4.98 Å². The summed E-state index contributed by atoms with van der Waals surface area (Å²) in [6.45, 7) is 1.77. The quantitative estimate of drug-likeness (QED) is 0.456. The molecule has 0 N–H and O–H groups in total. The summed E-state index contributed by atoms with van der Waals surface area (Å²) >= 11 is 7.00. The third-order valence-corrected chi connectivity index (χ3v) is 5.65. The van der Waals surface area contributed by atoms with Gasteiger partial charge in [0, 0.05) is 18.6 Å². The molecule has 0 fully saturated rings. The van der Waals surface area contributed by atoms with Crippen LogP contribution in [0.25, 0.3) is 0 Å². The number of benzene rings is 2. The Morgan fingerprint density at radius 1 is 1.13 bits per heavy atom. The van der Waals surface area contributed by atoms with E-state index in [1.165, 1.54) is 17.0 Å². The van der Waals surface area contributed by atoms with Gasteiger partial charge in [-0.05, 0) is 48.9 Å². The molecule has 31 heavy (non-hydrogen) atoms. The number of hydrogen-bond acceptors (Lipinski definition) is 6. The lowest BCUT2D eigenvalue weighted by Crippen LogP contribution is -2.30. The Balaban J connectivity index is 1.51. The summed E-state index contributed by atoms with van der Waals surface area (Å²) in [4.78, 5) is 30.7. The highest BCUT2D eigenvalue weighted by Gasteiger charge is 2.19. The number of rotatable bonds is 8. The van der Waals surface area contributed by atoms with Crippen molar-refractivity contribution in [2.24, 2.45) is 0 Å². The Morgan fingerprint density at radius 3 is 2.48 bits per heavy atom. The third kappa shape index (κ3) is 6.50. The second-order valence-electron chi connectivity index (χ2n) is 6.72. The van der Waals surface area contributed by atoms with Gasteiger partial charge in [0.25, 0.3) is 5.91 Å². The molecule has 0 saturated heterocycles. The van der Waals surface area contributed by atoms with Gasteiger partial charge in [0.1, 0.15) is 28.1 Å². The SMILES string of the molecule is Cc1nc(COc2ccc(Cl)cc2)sc1C(=O)OCC(=O)N(C)Cc1ccc(F)cc1. The van der Waals surface area contributed by atoms with Crippen molar-refractivity contribution >= 4 is 34.8 Å². The summed E-state index contributed by atoms with van der Waals surface area (Å²) in [5.41, 5.74) is 1.28. The van der Waals surface area contributed by atoms with Crippen LogP contribution in [0.4, 0.5) is 4.39 Å². The summed E-state index contributed by atoms with van der Waals surface area (Å²) in [7, 11) is 1.59. The monoisotopic (exact) mass is 462 g/mol. The van der Waals surface area contributed by atoms with Gasteiger partial charge in [0.2, 0.25) is 0 Å². The molecule has 3 aromatic rings. The van der Waals surface area contributed by atoms with Crippen LogP contribution < -0.4 is 4.74 Å². The summed E-state index contributed by atoms with van der Waals surface area (Å²) < 4.78 is 23.8. The molecule has 0 bridgehead atoms. The molecule has 9 heteroatoms. The van der Waals surface area contributed by atoms with E-state index in [1.807, 2.05) is 0 Å². The zero-order valence-corrected chi connectivity index (χ0v) is 18.5. The number of aryl methyl sites for hydroxylation is 1. The van der Waals surface area contributed by atoms with E-state index in [9.17, 15) is 14.0 Å². The molecule has 0 aliphatic rings. The van der Waals surface area contributed by atoms with Gasteiger partial charge in [-0.15, -0.1) is 11.3 Å². The molecule has 0 aliphatic heterocycles. The smallest absolute Gasteiger partial charge is 0.350 e. The molecule has 1 heterocycles. The zero-order chi connectivity index (χ0) is 22.4. The van der Waals surface area contributed by atoms with Gasteiger partial charge in [-0.1, -0.05) is 23.7 Å². The van der Waals surface area contributed by atoms with Crippen LogP contribution in [0, 0.1) is 12.7 Å². The lowest BCUT2D eigenvalue weighted by atomic mass is 10.2. The highest BCUT2D eigenvalue weighted by Crippen LogP contribution is 2.22. The van der Waals surface area contributed by atoms with Crippen LogP contribution in [-0.2, 0) is 22.7 Å². The first kappa shape index (κ1) is 22.7. The molecule has 0 saturated carbocycles. The lowest BCUT2D eigenvalue weighted by molar-refractivity contribution is -0.133. The number of carbonyl (C=O) groups is 2. The Kier molecular flexibility index (Phi) is 7.59.